The minimum Gasteiger partial charge on any atom is -0.464 e. The topological polar surface area (TPSA) is 129 Å². The second-order valence-corrected chi connectivity index (χ2v) is 8.19. The van der Waals surface area contributed by atoms with E-state index in [-0.39, 0.29) is 11.3 Å². The number of aryl methyl sites for hydroxylation is 1. The van der Waals surface area contributed by atoms with Crippen molar-refractivity contribution in [1.29, 1.82) is 0 Å². The van der Waals surface area contributed by atoms with Crippen molar-refractivity contribution in [3.8, 4) is 0 Å². The fourth-order valence-electron chi connectivity index (χ4n) is 2.75. The molecule has 0 spiro atoms. The van der Waals surface area contributed by atoms with Gasteiger partial charge in [-0.05, 0) is 49.7 Å². The first-order valence-corrected chi connectivity index (χ1v) is 10.3. The molecule has 0 radical (unpaired) electrons. The number of nitrogens with one attached hydrogen (secondary N) is 1. The van der Waals surface area contributed by atoms with Crippen molar-refractivity contribution < 1.29 is 27.2 Å². The molecule has 9 heteroatoms. The molecule has 152 valence electrons. The summed E-state index contributed by atoms with van der Waals surface area (Å²) in [5.74, 6) is -1.12. The lowest BCUT2D eigenvalue weighted by atomic mass is 10.1. The first-order chi connectivity index (χ1) is 13.6. The molecule has 1 aromatic heterocycles. The number of sulfonamides is 1. The SMILES string of the molecule is Cc1ccc2c(CC(=O)OC(C)C(=O)Nc3ccc(S(N)(=O)=O)cc3)coc2c1. The number of fused-ring (bicyclic) bond motifs is 1. The van der Waals surface area contributed by atoms with E-state index in [2.05, 4.69) is 5.32 Å². The molecule has 3 aromatic rings. The minimum absolute atomic E-state index is 0.0310. The van der Waals surface area contributed by atoms with Crippen molar-refractivity contribution in [1.82, 2.24) is 0 Å². The number of anilines is 1. The van der Waals surface area contributed by atoms with Gasteiger partial charge in [-0.1, -0.05) is 12.1 Å². The van der Waals surface area contributed by atoms with Crippen molar-refractivity contribution in [2.45, 2.75) is 31.3 Å². The van der Waals surface area contributed by atoms with E-state index < -0.39 is 28.0 Å². The number of rotatable bonds is 6. The first-order valence-electron chi connectivity index (χ1n) is 8.73. The summed E-state index contributed by atoms with van der Waals surface area (Å²) in [6.07, 6.45) is 0.431. The molecule has 0 saturated carbocycles. The van der Waals surface area contributed by atoms with E-state index >= 15 is 0 Å². The van der Waals surface area contributed by atoms with Gasteiger partial charge in [-0.2, -0.15) is 0 Å². The second-order valence-electron chi connectivity index (χ2n) is 6.63. The highest BCUT2D eigenvalue weighted by atomic mass is 32.2. The molecule has 0 aliphatic carbocycles. The van der Waals surface area contributed by atoms with Crippen LogP contribution in [-0.4, -0.2) is 26.4 Å². The standard InChI is InChI=1S/C20H20N2O6S/c1-12-3-8-17-14(11-27-18(17)9-12)10-19(23)28-13(2)20(24)22-15-4-6-16(7-5-15)29(21,25)26/h3-9,11,13H,10H2,1-2H3,(H,22,24)(H2,21,25,26). The molecule has 1 atom stereocenters. The molecule has 1 heterocycles. The van der Waals surface area contributed by atoms with Crippen LogP contribution >= 0.6 is 0 Å². The van der Waals surface area contributed by atoms with Crippen LogP contribution in [0, 0.1) is 6.92 Å². The van der Waals surface area contributed by atoms with E-state index in [1.807, 2.05) is 25.1 Å². The molecule has 0 saturated heterocycles. The Labute approximate surface area is 167 Å². The maximum absolute atomic E-state index is 12.2. The predicted molar refractivity (Wildman–Crippen MR) is 107 cm³/mol. The minimum atomic E-state index is -3.81. The number of hydrogen-bond donors (Lipinski definition) is 2. The highest BCUT2D eigenvalue weighted by Crippen LogP contribution is 2.23. The van der Waals surface area contributed by atoms with Crippen LogP contribution in [0.5, 0.6) is 0 Å². The van der Waals surface area contributed by atoms with Gasteiger partial charge in [0.25, 0.3) is 5.91 Å². The molecular formula is C20H20N2O6S. The zero-order valence-corrected chi connectivity index (χ0v) is 16.7. The second kappa shape index (κ2) is 8.06. The van der Waals surface area contributed by atoms with Crippen LogP contribution in [0.4, 0.5) is 5.69 Å². The van der Waals surface area contributed by atoms with Crippen molar-refractivity contribution in [3.63, 3.8) is 0 Å². The number of furan rings is 1. The van der Waals surface area contributed by atoms with Gasteiger partial charge in [0.05, 0.1) is 17.6 Å². The summed E-state index contributed by atoms with van der Waals surface area (Å²) < 4.78 is 33.2. The van der Waals surface area contributed by atoms with Gasteiger partial charge in [0, 0.05) is 16.6 Å². The fraction of sp³-hybridized carbons (Fsp3) is 0.200. The van der Waals surface area contributed by atoms with Crippen LogP contribution in [0.1, 0.15) is 18.1 Å². The monoisotopic (exact) mass is 416 g/mol. The summed E-state index contributed by atoms with van der Waals surface area (Å²) in [5.41, 5.74) is 2.75. The number of esters is 1. The smallest absolute Gasteiger partial charge is 0.311 e. The molecule has 1 unspecified atom stereocenters. The van der Waals surface area contributed by atoms with E-state index in [9.17, 15) is 18.0 Å². The first kappa shape index (κ1) is 20.6. The van der Waals surface area contributed by atoms with Crippen LogP contribution in [-0.2, 0) is 30.8 Å². The van der Waals surface area contributed by atoms with Gasteiger partial charge in [0.1, 0.15) is 5.58 Å². The van der Waals surface area contributed by atoms with E-state index in [1.54, 1.807) is 0 Å². The predicted octanol–water partition coefficient (Wildman–Crippen LogP) is 2.50. The van der Waals surface area contributed by atoms with Gasteiger partial charge in [0.15, 0.2) is 6.10 Å². The highest BCUT2D eigenvalue weighted by molar-refractivity contribution is 7.89. The molecular weight excluding hydrogens is 396 g/mol. The molecule has 29 heavy (non-hydrogen) atoms. The Morgan fingerprint density at radius 2 is 1.86 bits per heavy atom. The summed E-state index contributed by atoms with van der Waals surface area (Å²) in [4.78, 5) is 24.4. The van der Waals surface area contributed by atoms with Crippen molar-refractivity contribution in [3.05, 3.63) is 59.9 Å². The lowest BCUT2D eigenvalue weighted by Crippen LogP contribution is -2.30. The maximum Gasteiger partial charge on any atom is 0.311 e. The van der Waals surface area contributed by atoms with Gasteiger partial charge in [-0.3, -0.25) is 9.59 Å². The molecule has 0 fully saturated rings. The lowest BCUT2D eigenvalue weighted by molar-refractivity contribution is -0.152. The Bertz CT molecular complexity index is 1170. The van der Waals surface area contributed by atoms with E-state index in [4.69, 9.17) is 14.3 Å². The summed E-state index contributed by atoms with van der Waals surface area (Å²) in [6, 6.07) is 11.0. The van der Waals surface area contributed by atoms with Crippen molar-refractivity contribution >= 4 is 38.6 Å². The number of carbonyl (C=O) groups excluding carboxylic acids is 2. The maximum atomic E-state index is 12.2. The average Bonchev–Trinajstić information content (AvgIpc) is 3.03. The zero-order valence-electron chi connectivity index (χ0n) is 15.8. The van der Waals surface area contributed by atoms with Crippen molar-refractivity contribution in [2.24, 2.45) is 5.14 Å². The number of hydrogen-bond acceptors (Lipinski definition) is 6. The fourth-order valence-corrected chi connectivity index (χ4v) is 3.26. The Balaban J connectivity index is 1.59. The number of amides is 1. The Hall–Kier alpha value is -3.17. The van der Waals surface area contributed by atoms with Crippen molar-refractivity contribution in [2.75, 3.05) is 5.32 Å². The quantitative estimate of drug-likeness (QED) is 0.594. The van der Waals surface area contributed by atoms with E-state index in [1.165, 1.54) is 37.5 Å². The molecule has 1 amide bonds. The average molecular weight is 416 g/mol. The number of primary sulfonamides is 1. The number of carbonyl (C=O) groups is 2. The Morgan fingerprint density at radius 1 is 1.17 bits per heavy atom. The molecule has 2 aromatic carbocycles. The molecule has 3 N–H and O–H groups in total. The molecule has 0 aliphatic rings. The number of benzene rings is 2. The summed E-state index contributed by atoms with van der Waals surface area (Å²) in [7, 11) is -3.81. The van der Waals surface area contributed by atoms with Gasteiger partial charge >= 0.3 is 5.97 Å². The van der Waals surface area contributed by atoms with E-state index in [0.29, 0.717) is 16.8 Å². The Kier molecular flexibility index (Phi) is 5.71. The van der Waals surface area contributed by atoms with Crippen LogP contribution in [0.2, 0.25) is 0 Å². The van der Waals surface area contributed by atoms with Gasteiger partial charge in [0.2, 0.25) is 10.0 Å². The summed E-state index contributed by atoms with van der Waals surface area (Å²) >= 11 is 0. The normalized spacial score (nSPS) is 12.5. The largest absolute Gasteiger partial charge is 0.464 e. The Morgan fingerprint density at radius 3 is 2.52 bits per heavy atom. The van der Waals surface area contributed by atoms with Crippen LogP contribution in [0.15, 0.2) is 58.0 Å². The number of nitrogens with two attached hydrogens (primary N) is 1. The third-order valence-electron chi connectivity index (χ3n) is 4.27. The molecule has 0 bridgehead atoms. The zero-order chi connectivity index (χ0) is 21.2. The third-order valence-corrected chi connectivity index (χ3v) is 5.20. The molecule has 3 rings (SSSR count). The molecule has 0 aliphatic heterocycles. The van der Waals surface area contributed by atoms with Crippen LogP contribution in [0.3, 0.4) is 0 Å². The van der Waals surface area contributed by atoms with Gasteiger partial charge < -0.3 is 14.5 Å². The third kappa shape index (κ3) is 5.01. The lowest BCUT2D eigenvalue weighted by Gasteiger charge is -2.13. The van der Waals surface area contributed by atoms with Crippen LogP contribution in [0.25, 0.3) is 11.0 Å². The number of ether oxygens (including phenoxy) is 1. The highest BCUT2D eigenvalue weighted by Gasteiger charge is 2.20. The summed E-state index contributed by atoms with van der Waals surface area (Å²) in [6.45, 7) is 3.39. The van der Waals surface area contributed by atoms with Crippen LogP contribution < -0.4 is 10.5 Å². The van der Waals surface area contributed by atoms with Gasteiger partial charge in [-0.15, -0.1) is 0 Å². The summed E-state index contributed by atoms with van der Waals surface area (Å²) in [5, 5.41) is 8.40. The van der Waals surface area contributed by atoms with E-state index in [0.717, 1.165) is 10.9 Å². The van der Waals surface area contributed by atoms with Gasteiger partial charge in [-0.25, -0.2) is 13.6 Å². The molecule has 8 nitrogen and oxygen atoms in total.